The van der Waals surface area contributed by atoms with Crippen LogP contribution in [0.5, 0.6) is 0 Å². The van der Waals surface area contributed by atoms with Gasteiger partial charge in [0, 0.05) is 29.0 Å². The van der Waals surface area contributed by atoms with Gasteiger partial charge in [-0.05, 0) is 18.2 Å². The van der Waals surface area contributed by atoms with E-state index < -0.39 is 4.92 Å². The second-order valence-electron chi connectivity index (χ2n) is 3.31. The lowest BCUT2D eigenvalue weighted by atomic mass is 10.1. The maximum absolute atomic E-state index is 11.6. The molecule has 0 N–H and O–H groups in total. The van der Waals surface area contributed by atoms with Gasteiger partial charge in [0.15, 0.2) is 5.78 Å². The van der Waals surface area contributed by atoms with Crippen molar-refractivity contribution in [2.24, 2.45) is 0 Å². The van der Waals surface area contributed by atoms with E-state index in [0.717, 1.165) is 17.1 Å². The normalized spacial score (nSPS) is 15.6. The summed E-state index contributed by atoms with van der Waals surface area (Å²) < 4.78 is 0. The van der Waals surface area contributed by atoms with Crippen LogP contribution in [0.2, 0.25) is 0 Å². The number of rotatable bonds is 1. The number of nitro groups is 1. The Kier molecular flexibility index (Phi) is 2.73. The first-order chi connectivity index (χ1) is 7.18. The number of nitrogens with zero attached hydrogens (tertiary/aromatic N) is 1. The van der Waals surface area contributed by atoms with Gasteiger partial charge in [-0.15, -0.1) is 11.8 Å². The number of hydrogen-bond acceptors (Lipinski definition) is 4. The fourth-order valence-corrected chi connectivity index (χ4v) is 2.53. The van der Waals surface area contributed by atoms with E-state index in [1.807, 2.05) is 0 Å². The summed E-state index contributed by atoms with van der Waals surface area (Å²) in [6.45, 7) is 0. The summed E-state index contributed by atoms with van der Waals surface area (Å²) in [5, 5.41) is 10.6. The fraction of sp³-hybridized carbons (Fsp3) is 0.300. The number of thioether (sulfide) groups is 1. The van der Waals surface area contributed by atoms with Gasteiger partial charge < -0.3 is 0 Å². The van der Waals surface area contributed by atoms with Crippen molar-refractivity contribution in [2.45, 2.75) is 17.7 Å². The number of nitro benzene ring substituents is 1. The van der Waals surface area contributed by atoms with Crippen LogP contribution in [0.4, 0.5) is 5.69 Å². The zero-order chi connectivity index (χ0) is 10.8. The smallest absolute Gasteiger partial charge is 0.270 e. The minimum absolute atomic E-state index is 0.00963. The van der Waals surface area contributed by atoms with Crippen molar-refractivity contribution in [1.82, 2.24) is 0 Å². The lowest BCUT2D eigenvalue weighted by Crippen LogP contribution is -1.99. The molecule has 0 fully saturated rings. The van der Waals surface area contributed by atoms with Crippen LogP contribution in [0.15, 0.2) is 23.1 Å². The number of benzene rings is 1. The number of non-ortho nitro benzene ring substituents is 1. The van der Waals surface area contributed by atoms with E-state index in [4.69, 9.17) is 0 Å². The quantitative estimate of drug-likeness (QED) is 0.542. The molecule has 1 aliphatic rings. The summed E-state index contributed by atoms with van der Waals surface area (Å²) in [4.78, 5) is 22.6. The molecule has 0 saturated heterocycles. The van der Waals surface area contributed by atoms with Crippen molar-refractivity contribution in [3.8, 4) is 0 Å². The molecule has 5 heteroatoms. The number of ketones is 1. The van der Waals surface area contributed by atoms with E-state index in [2.05, 4.69) is 0 Å². The molecule has 1 aliphatic heterocycles. The Balaban J connectivity index is 2.48. The first-order valence-electron chi connectivity index (χ1n) is 4.63. The Labute approximate surface area is 90.8 Å². The number of fused-ring (bicyclic) bond motifs is 1. The third-order valence-electron chi connectivity index (χ3n) is 2.28. The molecule has 0 atom stereocenters. The zero-order valence-corrected chi connectivity index (χ0v) is 8.75. The van der Waals surface area contributed by atoms with Crippen LogP contribution in [0, 0.1) is 10.1 Å². The maximum Gasteiger partial charge on any atom is 0.270 e. The lowest BCUT2D eigenvalue weighted by Gasteiger charge is -2.02. The first-order valence-corrected chi connectivity index (χ1v) is 5.61. The molecule has 2 rings (SSSR count). The number of Topliss-reactive ketones (excluding diaryl/α,β-unsaturated/α-hetero) is 1. The molecule has 15 heavy (non-hydrogen) atoms. The van der Waals surface area contributed by atoms with Gasteiger partial charge in [-0.1, -0.05) is 0 Å². The summed E-state index contributed by atoms with van der Waals surface area (Å²) in [6, 6.07) is 4.50. The van der Waals surface area contributed by atoms with E-state index in [-0.39, 0.29) is 11.5 Å². The van der Waals surface area contributed by atoms with Crippen molar-refractivity contribution >= 4 is 23.2 Å². The highest BCUT2D eigenvalue weighted by atomic mass is 32.2. The van der Waals surface area contributed by atoms with Gasteiger partial charge in [-0.25, -0.2) is 0 Å². The lowest BCUT2D eigenvalue weighted by molar-refractivity contribution is -0.384. The van der Waals surface area contributed by atoms with E-state index in [1.165, 1.54) is 12.1 Å². The molecule has 4 nitrogen and oxygen atoms in total. The Hall–Kier alpha value is -1.36. The molecule has 0 saturated carbocycles. The fourth-order valence-electron chi connectivity index (χ4n) is 1.52. The van der Waals surface area contributed by atoms with Gasteiger partial charge in [0.1, 0.15) is 0 Å². The monoisotopic (exact) mass is 223 g/mol. The molecule has 78 valence electrons. The van der Waals surface area contributed by atoms with Gasteiger partial charge in [0.25, 0.3) is 5.69 Å². The number of carbonyl (C=O) groups is 1. The maximum atomic E-state index is 11.6. The molecule has 0 spiro atoms. The van der Waals surface area contributed by atoms with Crippen LogP contribution >= 0.6 is 11.8 Å². The molecule has 1 aromatic rings. The molecule has 0 aliphatic carbocycles. The van der Waals surface area contributed by atoms with E-state index >= 15 is 0 Å². The Bertz CT molecular complexity index is 431. The molecule has 0 amide bonds. The van der Waals surface area contributed by atoms with E-state index in [1.54, 1.807) is 17.8 Å². The molecule has 0 unspecified atom stereocenters. The summed E-state index contributed by atoms with van der Waals surface area (Å²) >= 11 is 1.59. The van der Waals surface area contributed by atoms with Crippen LogP contribution in [-0.2, 0) is 0 Å². The van der Waals surface area contributed by atoms with Crippen LogP contribution in [0.25, 0.3) is 0 Å². The molecule has 1 heterocycles. The van der Waals surface area contributed by atoms with Crippen LogP contribution in [-0.4, -0.2) is 16.5 Å². The molecule has 0 radical (unpaired) electrons. The predicted molar refractivity (Wildman–Crippen MR) is 57.4 cm³/mol. The second-order valence-corrected chi connectivity index (χ2v) is 4.45. The van der Waals surface area contributed by atoms with Crippen molar-refractivity contribution in [3.05, 3.63) is 33.9 Å². The van der Waals surface area contributed by atoms with Crippen molar-refractivity contribution in [1.29, 1.82) is 0 Å². The minimum Gasteiger partial charge on any atom is -0.294 e. The predicted octanol–water partition coefficient (Wildman–Crippen LogP) is 2.66. The topological polar surface area (TPSA) is 60.2 Å². The highest BCUT2D eigenvalue weighted by molar-refractivity contribution is 7.99. The van der Waals surface area contributed by atoms with Gasteiger partial charge >= 0.3 is 0 Å². The first kappa shape index (κ1) is 10.2. The molecule has 0 bridgehead atoms. The summed E-state index contributed by atoms with van der Waals surface area (Å²) in [7, 11) is 0. The second kappa shape index (κ2) is 4.02. The number of hydrogen-bond donors (Lipinski definition) is 0. The highest BCUT2D eigenvalue weighted by Gasteiger charge is 2.19. The van der Waals surface area contributed by atoms with Crippen LogP contribution in [0.3, 0.4) is 0 Å². The standard InChI is InChI=1S/C10H9NO3S/c12-9-2-1-5-15-10-4-3-7(11(13)14)6-8(9)10/h3-4,6H,1-2,5H2. The summed E-state index contributed by atoms with van der Waals surface area (Å²) in [5.41, 5.74) is 0.497. The SMILES string of the molecule is O=C1CCCSc2ccc([N+](=O)[O-])cc21. The Morgan fingerprint density at radius 2 is 2.20 bits per heavy atom. The van der Waals surface area contributed by atoms with E-state index in [0.29, 0.717) is 12.0 Å². The average molecular weight is 223 g/mol. The molecular formula is C10H9NO3S. The largest absolute Gasteiger partial charge is 0.294 e. The minimum atomic E-state index is -0.469. The molecule has 0 aromatic heterocycles. The summed E-state index contributed by atoms with van der Waals surface area (Å²) in [6.07, 6.45) is 1.33. The van der Waals surface area contributed by atoms with Crippen molar-refractivity contribution in [2.75, 3.05) is 5.75 Å². The molecular weight excluding hydrogens is 214 g/mol. The van der Waals surface area contributed by atoms with Gasteiger partial charge in [0.2, 0.25) is 0 Å². The third kappa shape index (κ3) is 2.02. The van der Waals surface area contributed by atoms with Crippen molar-refractivity contribution < 1.29 is 9.72 Å². The zero-order valence-electron chi connectivity index (χ0n) is 7.93. The average Bonchev–Trinajstić information content (AvgIpc) is 2.40. The highest BCUT2D eigenvalue weighted by Crippen LogP contribution is 2.31. The Morgan fingerprint density at radius 3 is 2.93 bits per heavy atom. The van der Waals surface area contributed by atoms with Gasteiger partial charge in [0.05, 0.1) is 4.92 Å². The Morgan fingerprint density at radius 1 is 1.40 bits per heavy atom. The van der Waals surface area contributed by atoms with Crippen molar-refractivity contribution in [3.63, 3.8) is 0 Å². The third-order valence-corrected chi connectivity index (χ3v) is 3.44. The van der Waals surface area contributed by atoms with Gasteiger partial charge in [-0.2, -0.15) is 0 Å². The summed E-state index contributed by atoms with van der Waals surface area (Å²) in [5.74, 6) is 0.912. The van der Waals surface area contributed by atoms with Crippen LogP contribution in [0.1, 0.15) is 23.2 Å². The molecule has 1 aromatic carbocycles. The van der Waals surface area contributed by atoms with E-state index in [9.17, 15) is 14.9 Å². The number of carbonyl (C=O) groups excluding carboxylic acids is 1. The van der Waals surface area contributed by atoms with Crippen LogP contribution < -0.4 is 0 Å². The van der Waals surface area contributed by atoms with Gasteiger partial charge in [-0.3, -0.25) is 14.9 Å².